The van der Waals surface area contributed by atoms with E-state index in [1.165, 1.54) is 27.2 Å². The molecular weight excluding hydrogens is 720 g/mol. The fourth-order valence-corrected chi connectivity index (χ4v) is 9.33. The smallest absolute Gasteiger partial charge is 0.255 e. The van der Waals surface area contributed by atoms with E-state index in [2.05, 4.69) is 10.6 Å². The molecule has 16 heteroatoms. The molecule has 7 rings (SSSR count). The van der Waals surface area contributed by atoms with Gasteiger partial charge in [0.1, 0.15) is 42.1 Å². The Hall–Kier alpha value is -4.39. The molecule has 2 aromatic carbocycles. The van der Waals surface area contributed by atoms with E-state index in [1.807, 2.05) is 0 Å². The Labute approximate surface area is 315 Å². The van der Waals surface area contributed by atoms with Crippen LogP contribution in [-0.4, -0.2) is 124 Å². The minimum absolute atomic E-state index is 0.151. The van der Waals surface area contributed by atoms with Crippen molar-refractivity contribution in [3.63, 3.8) is 0 Å². The van der Waals surface area contributed by atoms with Gasteiger partial charge in [-0.2, -0.15) is 0 Å². The minimum Gasteiger partial charge on any atom is -0.507 e. The molecule has 0 spiro atoms. The number of ketones is 4. The van der Waals surface area contributed by atoms with Crippen LogP contribution < -0.4 is 10.6 Å². The Balaban J connectivity index is 1.48. The lowest BCUT2D eigenvalue weighted by Crippen LogP contribution is -2.75. The number of phenols is 2. The number of aromatic hydroxyl groups is 2. The van der Waals surface area contributed by atoms with Crippen LogP contribution in [0.2, 0.25) is 0 Å². The first-order chi connectivity index (χ1) is 26.1. The Kier molecular flexibility index (Phi) is 9.87. The number of aryl methyl sites for hydroxylation is 1. The molecule has 0 radical (unpaired) electrons. The number of phenolic OH excluding ortho intramolecular Hbond substituents is 2. The molecule has 294 valence electrons. The minimum atomic E-state index is -3.32. The highest BCUT2D eigenvalue weighted by molar-refractivity contribution is 6.30. The van der Waals surface area contributed by atoms with Crippen LogP contribution in [0.5, 0.6) is 11.5 Å². The molecule has 1 heterocycles. The number of amides is 1. The second-order valence-electron chi connectivity index (χ2n) is 14.9. The summed E-state index contributed by atoms with van der Waals surface area (Å²) in [5.41, 5.74) is -9.88. The molecule has 5 unspecified atom stereocenters. The molecule has 16 nitrogen and oxygen atoms in total. The highest BCUT2D eigenvalue weighted by Crippen LogP contribution is 2.59. The van der Waals surface area contributed by atoms with Crippen molar-refractivity contribution in [3.8, 4) is 11.5 Å². The second-order valence-corrected chi connectivity index (χ2v) is 14.9. The van der Waals surface area contributed by atoms with Crippen molar-refractivity contribution in [2.45, 2.75) is 106 Å². The first-order valence-electron chi connectivity index (χ1n) is 18.1. The first kappa shape index (κ1) is 38.9. The average molecular weight is 765 g/mol. The van der Waals surface area contributed by atoms with Crippen molar-refractivity contribution < 1.29 is 68.5 Å². The third kappa shape index (κ3) is 5.38. The number of aliphatic hydroxyl groups excluding tert-OH is 2. The molecule has 2 fully saturated rings. The van der Waals surface area contributed by atoms with E-state index in [9.17, 15) is 44.7 Å². The monoisotopic (exact) mass is 764 g/mol. The summed E-state index contributed by atoms with van der Waals surface area (Å²) in [5, 5.41) is 66.4. The molecule has 2 aromatic rings. The highest BCUT2D eigenvalue weighted by atomic mass is 16.6. The number of Topliss-reactive ketones (excluding diaryl/α,β-unsaturated/α-hetero) is 2. The molecule has 7 N–H and O–H groups in total. The number of hydrogen-bond donors (Lipinski definition) is 7. The highest BCUT2D eigenvalue weighted by Gasteiger charge is 2.74. The van der Waals surface area contributed by atoms with Crippen molar-refractivity contribution >= 4 is 29.0 Å². The first-order valence-corrected chi connectivity index (χ1v) is 18.1. The summed E-state index contributed by atoms with van der Waals surface area (Å²) in [6, 6.07) is 0.454. The number of methoxy groups -OCH3 is 3. The molecular formula is C39H44N2O14. The maximum Gasteiger partial charge on any atom is 0.255 e. The van der Waals surface area contributed by atoms with E-state index in [0.717, 1.165) is 44.6 Å². The van der Waals surface area contributed by atoms with E-state index < -0.39 is 122 Å². The topological polar surface area (TPSA) is 247 Å². The van der Waals surface area contributed by atoms with Crippen molar-refractivity contribution in [1.82, 2.24) is 10.6 Å². The summed E-state index contributed by atoms with van der Waals surface area (Å²) in [6.07, 6.45) is -1.64. The fourth-order valence-electron chi connectivity index (χ4n) is 9.33. The van der Waals surface area contributed by atoms with E-state index in [0.29, 0.717) is 12.8 Å². The van der Waals surface area contributed by atoms with E-state index in [-0.39, 0.29) is 22.7 Å². The van der Waals surface area contributed by atoms with Crippen molar-refractivity contribution in [1.29, 1.82) is 0 Å². The third-order valence-electron chi connectivity index (χ3n) is 12.0. The zero-order chi connectivity index (χ0) is 39.9. The molecule has 1 amide bonds. The summed E-state index contributed by atoms with van der Waals surface area (Å²) in [5.74, 6) is -7.04. The van der Waals surface area contributed by atoms with Gasteiger partial charge < -0.3 is 49.8 Å². The summed E-state index contributed by atoms with van der Waals surface area (Å²) < 4.78 is 22.9. The third-order valence-corrected chi connectivity index (χ3v) is 12.0. The largest absolute Gasteiger partial charge is 0.507 e. The van der Waals surface area contributed by atoms with Crippen LogP contribution in [0.1, 0.15) is 114 Å². The average Bonchev–Trinajstić information content (AvgIpc) is 3.14. The van der Waals surface area contributed by atoms with Crippen LogP contribution in [0.3, 0.4) is 0 Å². The molecule has 1 saturated carbocycles. The van der Waals surface area contributed by atoms with Gasteiger partial charge in [0.2, 0.25) is 11.6 Å². The maximum absolute atomic E-state index is 15.0. The zero-order valence-corrected chi connectivity index (χ0v) is 30.9. The van der Waals surface area contributed by atoms with Crippen molar-refractivity contribution in [3.05, 3.63) is 68.8 Å². The predicted molar refractivity (Wildman–Crippen MR) is 189 cm³/mol. The fraction of sp³-hybridized carbons (Fsp3) is 0.513. The van der Waals surface area contributed by atoms with Crippen molar-refractivity contribution in [2.24, 2.45) is 0 Å². The lowest BCUT2D eigenvalue weighted by molar-refractivity contribution is -0.247. The number of carbonyl (C=O) groups is 5. The van der Waals surface area contributed by atoms with Gasteiger partial charge in [0.05, 0.1) is 28.8 Å². The molecule has 55 heavy (non-hydrogen) atoms. The number of aliphatic hydroxyl groups is 3. The molecule has 4 aliphatic carbocycles. The summed E-state index contributed by atoms with van der Waals surface area (Å²) in [4.78, 5) is 69.8. The quantitative estimate of drug-likeness (QED) is 0.209. The number of allylic oxidation sites excluding steroid dienone is 2. The number of carbonyl (C=O) groups excluding carboxylic acids is 5. The van der Waals surface area contributed by atoms with Gasteiger partial charge in [-0.3, -0.25) is 29.3 Å². The van der Waals surface area contributed by atoms with Gasteiger partial charge in [0.15, 0.2) is 22.8 Å². The Morgan fingerprint density at radius 3 is 2.16 bits per heavy atom. The van der Waals surface area contributed by atoms with Crippen LogP contribution in [0, 0.1) is 6.92 Å². The zero-order valence-electron chi connectivity index (χ0n) is 30.9. The van der Waals surface area contributed by atoms with Gasteiger partial charge in [-0.15, -0.1) is 0 Å². The maximum atomic E-state index is 15.0. The number of hydrogen-bond acceptors (Lipinski definition) is 15. The number of benzene rings is 2. The van der Waals surface area contributed by atoms with Gasteiger partial charge >= 0.3 is 0 Å². The molecule has 0 aromatic heterocycles. The van der Waals surface area contributed by atoms with Crippen LogP contribution in [0.25, 0.3) is 0 Å². The molecule has 1 saturated heterocycles. The SMILES string of the molecule is CO[C@@H]1[C@@H](O)[C@@H](OC)C(NC2c3cc(C)c(C(=O)NC4CCCCC4)c(O)c3C3(O)C(=O)c4cc5c(c(O)c4C(=O)C3(OC)C2O)C(=O)C=CC5=O)O[C@H]1C. The number of fused-ring (bicyclic) bond motifs is 5. The van der Waals surface area contributed by atoms with Crippen LogP contribution in [0.15, 0.2) is 24.3 Å². The molecule has 0 bridgehead atoms. The Morgan fingerprint density at radius 1 is 0.873 bits per heavy atom. The van der Waals surface area contributed by atoms with E-state index in [4.69, 9.17) is 18.9 Å². The lowest BCUT2D eigenvalue weighted by atomic mass is 9.55. The van der Waals surface area contributed by atoms with Crippen molar-refractivity contribution in [2.75, 3.05) is 21.3 Å². The van der Waals surface area contributed by atoms with E-state index in [1.54, 1.807) is 6.92 Å². The summed E-state index contributed by atoms with van der Waals surface area (Å²) in [7, 11) is 3.60. The molecule has 9 atom stereocenters. The second kappa shape index (κ2) is 14.0. The van der Waals surface area contributed by atoms with Gasteiger partial charge in [-0.1, -0.05) is 25.3 Å². The van der Waals surface area contributed by atoms with E-state index >= 15 is 4.79 Å². The Morgan fingerprint density at radius 2 is 1.53 bits per heavy atom. The van der Waals surface area contributed by atoms with Crippen LogP contribution in [0.4, 0.5) is 0 Å². The summed E-state index contributed by atoms with van der Waals surface area (Å²) >= 11 is 0. The van der Waals surface area contributed by atoms with Gasteiger partial charge in [0, 0.05) is 44.1 Å². The summed E-state index contributed by atoms with van der Waals surface area (Å²) in [6.45, 7) is 3.13. The molecule has 5 aliphatic rings. The standard InChI is InChI=1S/C39H44N2O14/c1-15-13-20-26(29(45)23(15)36(50)40-17-9-7-6-8-10-17)38(51)33(47)19-14-18-21(42)11-12-22(43)24(18)28(44)25(19)34(48)39(38,54-5)35(49)27(20)41-37-32(53-4)30(46)31(52-3)16(2)55-37/h11-14,16-17,27,30-32,35,37,41,44-46,49,51H,6-10H2,1-5H3,(H,40,50)/t16-,27?,30+,31-,32+,35?,37?,38?,39?/m0/s1. The lowest BCUT2D eigenvalue weighted by Gasteiger charge is -2.56. The number of rotatable bonds is 7. The Bertz CT molecular complexity index is 2040. The normalized spacial score (nSPS) is 33.1. The number of ether oxygens (including phenoxy) is 4. The van der Waals surface area contributed by atoms with Gasteiger partial charge in [-0.25, -0.2) is 0 Å². The van der Waals surface area contributed by atoms with Gasteiger partial charge in [-0.05, 0) is 56.0 Å². The predicted octanol–water partition coefficient (Wildman–Crippen LogP) is 1.20. The number of nitrogens with one attached hydrogen (secondary N) is 2. The van der Waals surface area contributed by atoms with Gasteiger partial charge in [0.25, 0.3) is 5.91 Å². The molecule has 1 aliphatic heterocycles. The van der Waals surface area contributed by atoms with Crippen LogP contribution >= 0.6 is 0 Å². The van der Waals surface area contributed by atoms with Crippen LogP contribution in [-0.2, 0) is 24.5 Å².